The molecule has 1 aliphatic heterocycles. The zero-order valence-electron chi connectivity index (χ0n) is 12.4. The van der Waals surface area contributed by atoms with Crippen molar-refractivity contribution >= 4 is 21.8 Å². The van der Waals surface area contributed by atoms with Gasteiger partial charge in [0.25, 0.3) is 0 Å². The number of hydrogen-bond acceptors (Lipinski definition) is 3. The molecule has 4 nitrogen and oxygen atoms in total. The smallest absolute Gasteiger partial charge is 0.227 e. The molecule has 1 aromatic heterocycles. The van der Waals surface area contributed by atoms with Crippen LogP contribution < -0.4 is 0 Å². The summed E-state index contributed by atoms with van der Waals surface area (Å²) in [6.07, 6.45) is 6.68. The van der Waals surface area contributed by atoms with Gasteiger partial charge in [0.05, 0.1) is 11.9 Å². The predicted molar refractivity (Wildman–Crippen MR) is 82.2 cm³/mol. The summed E-state index contributed by atoms with van der Waals surface area (Å²) >= 11 is 3.29. The zero-order valence-corrected chi connectivity index (χ0v) is 14.0. The van der Waals surface area contributed by atoms with Crippen molar-refractivity contribution in [1.82, 2.24) is 14.9 Å². The van der Waals surface area contributed by atoms with E-state index in [9.17, 15) is 4.79 Å². The van der Waals surface area contributed by atoms with Gasteiger partial charge in [-0.3, -0.25) is 9.78 Å². The number of nitrogens with zero attached hydrogens (tertiary/aromatic N) is 3. The molecule has 0 radical (unpaired) electrons. The van der Waals surface area contributed by atoms with Gasteiger partial charge in [-0.05, 0) is 41.1 Å². The lowest BCUT2D eigenvalue weighted by Crippen LogP contribution is -2.45. The Bertz CT molecular complexity index is 467. The van der Waals surface area contributed by atoms with E-state index < -0.39 is 0 Å². The average Bonchev–Trinajstić information content (AvgIpc) is 2.40. The van der Waals surface area contributed by atoms with Crippen LogP contribution in [-0.4, -0.2) is 33.9 Å². The molecule has 0 N–H and O–H groups in total. The Morgan fingerprint density at radius 2 is 2.15 bits per heavy atom. The van der Waals surface area contributed by atoms with Crippen LogP contribution >= 0.6 is 15.9 Å². The summed E-state index contributed by atoms with van der Waals surface area (Å²) in [5.41, 5.74) is 0.711. The standard InChI is InChI=1S/C15H22BrN3O/c1-15(2,3)14(20)19-6-4-5-11(10-19)7-12-8-18-13(16)9-17-12/h8-9,11H,4-7,10H2,1-3H3. The largest absolute Gasteiger partial charge is 0.342 e. The summed E-state index contributed by atoms with van der Waals surface area (Å²) < 4.78 is 0.759. The molecule has 1 unspecified atom stereocenters. The predicted octanol–water partition coefficient (Wildman–Crippen LogP) is 3.07. The number of likely N-dealkylation sites (tertiary alicyclic amines) is 1. The van der Waals surface area contributed by atoms with Gasteiger partial charge in [-0.2, -0.15) is 0 Å². The first-order valence-corrected chi connectivity index (χ1v) is 7.91. The molecule has 2 rings (SSSR count). The van der Waals surface area contributed by atoms with Crippen LogP contribution in [0.2, 0.25) is 0 Å². The van der Waals surface area contributed by atoms with E-state index in [0.29, 0.717) is 5.92 Å². The van der Waals surface area contributed by atoms with Gasteiger partial charge in [0.1, 0.15) is 4.60 Å². The van der Waals surface area contributed by atoms with Crippen LogP contribution in [0.25, 0.3) is 0 Å². The Labute approximate surface area is 129 Å². The van der Waals surface area contributed by atoms with Crippen LogP contribution in [0.1, 0.15) is 39.3 Å². The van der Waals surface area contributed by atoms with E-state index in [4.69, 9.17) is 0 Å². The molecule has 1 aromatic rings. The summed E-state index contributed by atoms with van der Waals surface area (Å²) in [4.78, 5) is 23.0. The minimum atomic E-state index is -0.292. The van der Waals surface area contributed by atoms with Gasteiger partial charge in [-0.25, -0.2) is 4.98 Å². The van der Waals surface area contributed by atoms with Gasteiger partial charge in [0.15, 0.2) is 0 Å². The zero-order chi connectivity index (χ0) is 14.8. The summed E-state index contributed by atoms with van der Waals surface area (Å²) in [6.45, 7) is 7.68. The van der Waals surface area contributed by atoms with Crippen molar-refractivity contribution < 1.29 is 4.79 Å². The normalized spacial score (nSPS) is 20.0. The van der Waals surface area contributed by atoms with Crippen LogP contribution in [0.15, 0.2) is 17.0 Å². The van der Waals surface area contributed by atoms with E-state index in [0.717, 1.165) is 42.6 Å². The molecule has 1 saturated heterocycles. The highest BCUT2D eigenvalue weighted by Crippen LogP contribution is 2.25. The van der Waals surface area contributed by atoms with E-state index >= 15 is 0 Å². The molecule has 110 valence electrons. The lowest BCUT2D eigenvalue weighted by atomic mass is 9.89. The molecule has 0 spiro atoms. The first kappa shape index (κ1) is 15.4. The quantitative estimate of drug-likeness (QED) is 0.831. The highest BCUT2D eigenvalue weighted by molar-refractivity contribution is 9.10. The van der Waals surface area contributed by atoms with Crippen LogP contribution in [0.3, 0.4) is 0 Å². The Morgan fingerprint density at radius 1 is 1.40 bits per heavy atom. The molecular formula is C15H22BrN3O. The van der Waals surface area contributed by atoms with Crippen LogP contribution in [0.5, 0.6) is 0 Å². The molecule has 0 saturated carbocycles. The Kier molecular flexibility index (Phi) is 4.78. The van der Waals surface area contributed by atoms with E-state index in [1.165, 1.54) is 0 Å². The van der Waals surface area contributed by atoms with Gasteiger partial charge in [-0.15, -0.1) is 0 Å². The Hall–Kier alpha value is -0.970. The fourth-order valence-corrected chi connectivity index (χ4v) is 2.84. The fraction of sp³-hybridized carbons (Fsp3) is 0.667. The van der Waals surface area contributed by atoms with Crippen molar-refractivity contribution in [2.75, 3.05) is 13.1 Å². The molecular weight excluding hydrogens is 318 g/mol. The molecule has 20 heavy (non-hydrogen) atoms. The number of amides is 1. The maximum absolute atomic E-state index is 12.4. The first-order valence-electron chi connectivity index (χ1n) is 7.12. The number of carbonyl (C=O) groups is 1. The molecule has 1 aliphatic rings. The van der Waals surface area contributed by atoms with Crippen LogP contribution in [-0.2, 0) is 11.2 Å². The van der Waals surface area contributed by atoms with Gasteiger partial charge in [0.2, 0.25) is 5.91 Å². The van der Waals surface area contributed by atoms with Crippen molar-refractivity contribution in [1.29, 1.82) is 0 Å². The Morgan fingerprint density at radius 3 is 2.75 bits per heavy atom. The van der Waals surface area contributed by atoms with E-state index in [2.05, 4.69) is 25.9 Å². The highest BCUT2D eigenvalue weighted by atomic mass is 79.9. The fourth-order valence-electron chi connectivity index (χ4n) is 2.63. The van der Waals surface area contributed by atoms with Crippen molar-refractivity contribution in [2.45, 2.75) is 40.0 Å². The van der Waals surface area contributed by atoms with E-state index in [-0.39, 0.29) is 11.3 Å². The van der Waals surface area contributed by atoms with Gasteiger partial charge < -0.3 is 4.90 Å². The third-order valence-corrected chi connectivity index (χ3v) is 4.03. The maximum atomic E-state index is 12.4. The lowest BCUT2D eigenvalue weighted by Gasteiger charge is -2.36. The number of halogens is 1. The van der Waals surface area contributed by atoms with Gasteiger partial charge in [0, 0.05) is 24.7 Å². The number of hydrogen-bond donors (Lipinski definition) is 0. The molecule has 2 heterocycles. The number of rotatable bonds is 2. The van der Waals surface area contributed by atoms with Crippen molar-refractivity contribution in [3.63, 3.8) is 0 Å². The lowest BCUT2D eigenvalue weighted by molar-refractivity contribution is -0.141. The third-order valence-electron chi connectivity index (χ3n) is 3.62. The summed E-state index contributed by atoms with van der Waals surface area (Å²) in [7, 11) is 0. The number of carbonyl (C=O) groups excluding carboxylic acids is 1. The average molecular weight is 340 g/mol. The molecule has 1 fully saturated rings. The third kappa shape index (κ3) is 4.01. The molecule has 5 heteroatoms. The summed E-state index contributed by atoms with van der Waals surface area (Å²) in [5, 5.41) is 0. The minimum absolute atomic E-state index is 0.254. The molecule has 0 aromatic carbocycles. The second kappa shape index (κ2) is 6.20. The van der Waals surface area contributed by atoms with E-state index in [1.54, 1.807) is 6.20 Å². The number of aromatic nitrogens is 2. The molecule has 1 atom stereocenters. The van der Waals surface area contributed by atoms with Crippen LogP contribution in [0, 0.1) is 11.3 Å². The molecule has 1 amide bonds. The van der Waals surface area contributed by atoms with Crippen molar-refractivity contribution in [3.05, 3.63) is 22.7 Å². The molecule has 0 aliphatic carbocycles. The topological polar surface area (TPSA) is 46.1 Å². The minimum Gasteiger partial charge on any atom is -0.342 e. The molecule has 0 bridgehead atoms. The van der Waals surface area contributed by atoms with E-state index in [1.807, 2.05) is 31.9 Å². The highest BCUT2D eigenvalue weighted by Gasteiger charge is 2.31. The summed E-state index contributed by atoms with van der Waals surface area (Å²) in [5.74, 6) is 0.745. The van der Waals surface area contributed by atoms with Crippen molar-refractivity contribution in [3.8, 4) is 0 Å². The van der Waals surface area contributed by atoms with Gasteiger partial charge >= 0.3 is 0 Å². The SMILES string of the molecule is CC(C)(C)C(=O)N1CCCC(Cc2cnc(Br)cn2)C1. The second-order valence-electron chi connectivity index (χ2n) is 6.54. The van der Waals surface area contributed by atoms with Crippen molar-refractivity contribution in [2.24, 2.45) is 11.3 Å². The monoisotopic (exact) mass is 339 g/mol. The summed E-state index contributed by atoms with van der Waals surface area (Å²) in [6, 6.07) is 0. The Balaban J connectivity index is 1.97. The maximum Gasteiger partial charge on any atom is 0.227 e. The van der Waals surface area contributed by atoms with Gasteiger partial charge in [-0.1, -0.05) is 20.8 Å². The van der Waals surface area contributed by atoms with Crippen LogP contribution in [0.4, 0.5) is 0 Å². The number of piperidine rings is 1. The first-order chi connectivity index (χ1) is 9.36. The second-order valence-corrected chi connectivity index (χ2v) is 7.36.